The number of halogens is 7. The maximum atomic E-state index is 13.0. The zero-order chi connectivity index (χ0) is 21.6. The number of hydrogen-bond acceptors (Lipinski definition) is 2. The summed E-state index contributed by atoms with van der Waals surface area (Å²) in [4.78, 5) is 16.9. The quantitative estimate of drug-likeness (QED) is 0.525. The van der Waals surface area contributed by atoms with Crippen LogP contribution in [0.1, 0.15) is 34.2 Å². The van der Waals surface area contributed by atoms with Crippen molar-refractivity contribution in [3.63, 3.8) is 0 Å². The first-order valence-corrected chi connectivity index (χ1v) is 8.56. The van der Waals surface area contributed by atoms with Crippen LogP contribution in [0.25, 0.3) is 5.65 Å². The lowest BCUT2D eigenvalue weighted by Gasteiger charge is -2.12. The second kappa shape index (κ2) is 7.25. The third-order valence-corrected chi connectivity index (χ3v) is 4.44. The van der Waals surface area contributed by atoms with Gasteiger partial charge in [0.25, 0.3) is 5.91 Å². The van der Waals surface area contributed by atoms with E-state index in [2.05, 4.69) is 10.3 Å². The monoisotopic (exact) mass is 435 g/mol. The largest absolute Gasteiger partial charge is 0.417 e. The Morgan fingerprint density at radius 1 is 1.07 bits per heavy atom. The van der Waals surface area contributed by atoms with E-state index in [9.17, 15) is 31.1 Å². The minimum absolute atomic E-state index is 0.0927. The molecule has 11 heteroatoms. The van der Waals surface area contributed by atoms with Gasteiger partial charge in [0.1, 0.15) is 11.3 Å². The number of rotatable bonds is 3. The summed E-state index contributed by atoms with van der Waals surface area (Å²) in [6, 6.07) is 4.30. The molecule has 0 saturated carbocycles. The minimum Gasteiger partial charge on any atom is -0.319 e. The molecule has 0 aliphatic carbocycles. The molecule has 154 valence electrons. The lowest BCUT2D eigenvalue weighted by molar-refractivity contribution is -0.138. The van der Waals surface area contributed by atoms with E-state index in [-0.39, 0.29) is 34.2 Å². The Labute approximate surface area is 165 Å². The van der Waals surface area contributed by atoms with Crippen LogP contribution in [0.4, 0.5) is 32.0 Å². The molecule has 0 aliphatic heterocycles. The molecule has 3 aromatic rings. The number of carbonyl (C=O) groups is 1. The second-order valence-electron chi connectivity index (χ2n) is 6.05. The normalized spacial score (nSPS) is 12.4. The summed E-state index contributed by atoms with van der Waals surface area (Å²) in [5.74, 6) is -0.935. The van der Waals surface area contributed by atoms with E-state index in [1.165, 1.54) is 0 Å². The molecule has 2 aromatic heterocycles. The molecule has 0 saturated heterocycles. The highest BCUT2D eigenvalue weighted by Gasteiger charge is 2.33. The molecule has 0 aliphatic rings. The van der Waals surface area contributed by atoms with E-state index in [1.807, 2.05) is 0 Å². The number of nitrogens with one attached hydrogen (secondary N) is 1. The topological polar surface area (TPSA) is 46.4 Å². The van der Waals surface area contributed by atoms with Gasteiger partial charge < -0.3 is 5.32 Å². The van der Waals surface area contributed by atoms with Crippen molar-refractivity contribution >= 4 is 28.8 Å². The van der Waals surface area contributed by atoms with E-state index >= 15 is 0 Å². The van der Waals surface area contributed by atoms with Crippen LogP contribution >= 0.6 is 11.6 Å². The van der Waals surface area contributed by atoms with Crippen LogP contribution in [0.3, 0.4) is 0 Å². The predicted octanol–water partition coefficient (Wildman–Crippen LogP) is 5.84. The first-order valence-electron chi connectivity index (χ1n) is 8.18. The molecule has 1 amide bonds. The molecule has 0 unspecified atom stereocenters. The van der Waals surface area contributed by atoms with Crippen molar-refractivity contribution in [1.82, 2.24) is 9.38 Å². The summed E-state index contributed by atoms with van der Waals surface area (Å²) in [6.45, 7) is 1.64. The van der Waals surface area contributed by atoms with Gasteiger partial charge in [-0.1, -0.05) is 18.5 Å². The van der Waals surface area contributed by atoms with Gasteiger partial charge in [0.05, 0.1) is 27.5 Å². The molecule has 2 heterocycles. The van der Waals surface area contributed by atoms with Crippen LogP contribution in [-0.2, 0) is 18.8 Å². The van der Waals surface area contributed by atoms with Crippen LogP contribution in [-0.4, -0.2) is 15.3 Å². The van der Waals surface area contributed by atoms with Crippen LogP contribution in [0, 0.1) is 0 Å². The molecule has 0 radical (unpaired) electrons. The number of fused-ring (bicyclic) bond motifs is 1. The number of pyridine rings is 1. The number of anilines is 1. The Kier molecular flexibility index (Phi) is 5.24. The van der Waals surface area contributed by atoms with Gasteiger partial charge in [0.15, 0.2) is 0 Å². The van der Waals surface area contributed by atoms with Crippen molar-refractivity contribution in [2.75, 3.05) is 5.32 Å². The molecule has 0 bridgehead atoms. The van der Waals surface area contributed by atoms with Crippen LogP contribution in [0.5, 0.6) is 0 Å². The minimum atomic E-state index is -4.66. The zero-order valence-electron chi connectivity index (χ0n) is 14.6. The van der Waals surface area contributed by atoms with E-state index in [4.69, 9.17) is 11.6 Å². The lowest BCUT2D eigenvalue weighted by Crippen LogP contribution is -2.18. The molecular formula is C18H12ClF6N3O. The fraction of sp³-hybridized carbons (Fsp3) is 0.222. The third kappa shape index (κ3) is 4.16. The lowest BCUT2D eigenvalue weighted by atomic mass is 10.2. The highest BCUT2D eigenvalue weighted by atomic mass is 35.5. The van der Waals surface area contributed by atoms with Gasteiger partial charge >= 0.3 is 12.4 Å². The molecule has 29 heavy (non-hydrogen) atoms. The van der Waals surface area contributed by atoms with Crippen molar-refractivity contribution in [2.24, 2.45) is 0 Å². The Balaban J connectivity index is 2.07. The second-order valence-corrected chi connectivity index (χ2v) is 6.46. The SMILES string of the molecule is CCc1nc2ccc(C(F)(F)F)cn2c1C(=O)Nc1cc(C(F)(F)F)ccc1Cl. The van der Waals surface area contributed by atoms with Crippen molar-refractivity contribution in [1.29, 1.82) is 0 Å². The van der Waals surface area contributed by atoms with Crippen LogP contribution < -0.4 is 5.32 Å². The highest BCUT2D eigenvalue weighted by Crippen LogP contribution is 2.34. The maximum Gasteiger partial charge on any atom is 0.417 e. The van der Waals surface area contributed by atoms with Gasteiger partial charge in [-0.3, -0.25) is 9.20 Å². The summed E-state index contributed by atoms with van der Waals surface area (Å²) in [6.07, 6.45) is -8.39. The van der Waals surface area contributed by atoms with Crippen molar-refractivity contribution in [2.45, 2.75) is 25.7 Å². The van der Waals surface area contributed by atoms with Gasteiger partial charge in [-0.2, -0.15) is 26.3 Å². The van der Waals surface area contributed by atoms with Gasteiger partial charge in [0.2, 0.25) is 0 Å². The Hall–Kier alpha value is -2.75. The first kappa shape index (κ1) is 21.0. The standard InChI is InChI=1S/C18H12ClF6N3O/c1-2-12-15(28-8-10(18(23,24)25)4-6-14(28)26-12)16(29)27-13-7-9(17(20,21)22)3-5-11(13)19/h3-8H,2H2,1H3,(H,27,29). The number of hydrogen-bond donors (Lipinski definition) is 1. The summed E-state index contributed by atoms with van der Waals surface area (Å²) in [5.41, 5.74) is -2.31. The van der Waals surface area contributed by atoms with Gasteiger partial charge in [0, 0.05) is 6.20 Å². The Morgan fingerprint density at radius 2 is 1.69 bits per heavy atom. The molecular weight excluding hydrogens is 424 g/mol. The molecule has 1 aromatic carbocycles. The van der Waals surface area contributed by atoms with Gasteiger partial charge in [-0.25, -0.2) is 4.98 Å². The molecule has 0 spiro atoms. The Bertz CT molecular complexity index is 1090. The smallest absolute Gasteiger partial charge is 0.319 e. The fourth-order valence-electron chi connectivity index (χ4n) is 2.73. The number of amides is 1. The number of nitrogens with zero attached hydrogens (tertiary/aromatic N) is 2. The van der Waals surface area contributed by atoms with E-state index in [0.29, 0.717) is 12.3 Å². The number of carbonyl (C=O) groups excluding carboxylic acids is 1. The number of benzene rings is 1. The summed E-state index contributed by atoms with van der Waals surface area (Å²) in [7, 11) is 0. The third-order valence-electron chi connectivity index (χ3n) is 4.11. The molecule has 4 nitrogen and oxygen atoms in total. The maximum absolute atomic E-state index is 13.0. The van der Waals surface area contributed by atoms with E-state index in [0.717, 1.165) is 28.7 Å². The molecule has 3 rings (SSSR count). The number of aryl methyl sites for hydroxylation is 1. The number of aromatic nitrogens is 2. The first-order chi connectivity index (χ1) is 13.4. The van der Waals surface area contributed by atoms with Crippen molar-refractivity contribution in [3.8, 4) is 0 Å². The summed E-state index contributed by atoms with van der Waals surface area (Å²) in [5, 5.41) is 2.08. The van der Waals surface area contributed by atoms with Crippen molar-refractivity contribution < 1.29 is 31.1 Å². The molecule has 0 fully saturated rings. The van der Waals surface area contributed by atoms with Crippen LogP contribution in [0.2, 0.25) is 5.02 Å². The van der Waals surface area contributed by atoms with Gasteiger partial charge in [-0.15, -0.1) is 0 Å². The van der Waals surface area contributed by atoms with Crippen LogP contribution in [0.15, 0.2) is 36.5 Å². The van der Waals surface area contributed by atoms with E-state index in [1.54, 1.807) is 6.92 Å². The van der Waals surface area contributed by atoms with E-state index < -0.39 is 29.4 Å². The van der Waals surface area contributed by atoms with Crippen molar-refractivity contribution in [3.05, 3.63) is 64.1 Å². The summed E-state index contributed by atoms with van der Waals surface area (Å²) < 4.78 is 78.8. The molecule has 0 atom stereocenters. The van der Waals surface area contributed by atoms with Gasteiger partial charge in [-0.05, 0) is 36.8 Å². The molecule has 1 N–H and O–H groups in total. The average molecular weight is 436 g/mol. The number of alkyl halides is 6. The summed E-state index contributed by atoms with van der Waals surface area (Å²) >= 11 is 5.88. The Morgan fingerprint density at radius 3 is 2.28 bits per heavy atom. The zero-order valence-corrected chi connectivity index (χ0v) is 15.4. The fourth-order valence-corrected chi connectivity index (χ4v) is 2.89. The average Bonchev–Trinajstić information content (AvgIpc) is 2.99. The highest BCUT2D eigenvalue weighted by molar-refractivity contribution is 6.34. The number of imidazole rings is 1. The predicted molar refractivity (Wildman–Crippen MR) is 94.0 cm³/mol.